The van der Waals surface area contributed by atoms with E-state index in [0.717, 1.165) is 6.54 Å². The summed E-state index contributed by atoms with van der Waals surface area (Å²) in [4.78, 5) is 2.24. The van der Waals surface area contributed by atoms with Gasteiger partial charge in [0.2, 0.25) is 0 Å². The lowest BCUT2D eigenvalue weighted by atomic mass is 10.0. The number of hydrogen-bond donors (Lipinski definition) is 0. The van der Waals surface area contributed by atoms with Crippen molar-refractivity contribution in [2.45, 2.75) is 40.2 Å². The quantitative estimate of drug-likeness (QED) is 0.588. The molecule has 11 heavy (non-hydrogen) atoms. The zero-order valence-corrected chi connectivity index (χ0v) is 8.82. The molecular weight excluding hydrogens is 154 g/mol. The van der Waals surface area contributed by atoms with Crippen molar-refractivity contribution in [3.05, 3.63) is 0 Å². The second kappa shape index (κ2) is 5.53. The molecule has 0 heterocycles. The average molecular weight is 173 g/mol. The van der Waals surface area contributed by atoms with E-state index < -0.39 is 0 Å². The summed E-state index contributed by atoms with van der Waals surface area (Å²) < 4.78 is 0. The fourth-order valence-corrected chi connectivity index (χ4v) is 1.78. The minimum atomic E-state index is 0.623. The molecule has 0 rings (SSSR count). The zero-order chi connectivity index (χ0) is 8.85. The summed E-state index contributed by atoms with van der Waals surface area (Å²) in [5.74, 6) is 0.694. The van der Waals surface area contributed by atoms with Crippen molar-refractivity contribution in [3.63, 3.8) is 0 Å². The smallest absolute Gasteiger partial charge is 0.0643 e. The van der Waals surface area contributed by atoms with Gasteiger partial charge in [0.25, 0.3) is 0 Å². The van der Waals surface area contributed by atoms with Crippen LogP contribution in [0.25, 0.3) is 0 Å². The summed E-state index contributed by atoms with van der Waals surface area (Å²) in [6.07, 6.45) is 1.18. The van der Waals surface area contributed by atoms with Gasteiger partial charge in [0, 0.05) is 12.6 Å². The molecule has 0 fully saturated rings. The molecule has 0 aliphatic heterocycles. The molecule has 0 aliphatic carbocycles. The molecule has 1 atom stereocenters. The van der Waals surface area contributed by atoms with Gasteiger partial charge in [0.1, 0.15) is 0 Å². The van der Waals surface area contributed by atoms with E-state index >= 15 is 0 Å². The van der Waals surface area contributed by atoms with Crippen LogP contribution < -0.4 is 0 Å². The lowest BCUT2D eigenvalue weighted by molar-refractivity contribution is 0.260. The molecule has 0 aromatic carbocycles. The van der Waals surface area contributed by atoms with Crippen molar-refractivity contribution in [1.29, 1.82) is 0 Å². The molecule has 0 saturated heterocycles. The Bertz CT molecular complexity index is 112. The summed E-state index contributed by atoms with van der Waals surface area (Å²) in [5.41, 5.74) is 1.79. The molecule has 2 heteroatoms. The number of hydrogen-bond acceptors (Lipinski definition) is 1. The highest BCUT2D eigenvalue weighted by atomic mass is 32.1. The first-order chi connectivity index (χ1) is 5.17. The molecule has 66 valence electrons. The van der Waals surface area contributed by atoms with Crippen LogP contribution in [0.15, 0.2) is 0 Å². The van der Waals surface area contributed by atoms with Crippen molar-refractivity contribution in [1.82, 2.24) is 4.90 Å². The minimum absolute atomic E-state index is 0.623. The molecule has 1 nitrogen and oxygen atoms in total. The van der Waals surface area contributed by atoms with E-state index in [9.17, 15) is 0 Å². The third-order valence-electron chi connectivity index (χ3n) is 2.11. The summed E-state index contributed by atoms with van der Waals surface area (Å²) in [5, 5.41) is 0. The Balaban J connectivity index is 4.08. The molecule has 0 amide bonds. The van der Waals surface area contributed by atoms with E-state index in [4.69, 9.17) is 12.2 Å². The van der Waals surface area contributed by atoms with Crippen molar-refractivity contribution in [2.24, 2.45) is 5.92 Å². The van der Waals surface area contributed by atoms with Gasteiger partial charge in [-0.05, 0) is 19.3 Å². The minimum Gasteiger partial charge on any atom is -0.366 e. The zero-order valence-electron chi connectivity index (χ0n) is 8.00. The highest BCUT2D eigenvalue weighted by molar-refractivity contribution is 7.78. The maximum absolute atomic E-state index is 4.94. The maximum atomic E-state index is 4.94. The third kappa shape index (κ3) is 3.19. The van der Waals surface area contributed by atoms with Gasteiger partial charge in [-0.1, -0.05) is 33.0 Å². The van der Waals surface area contributed by atoms with Crippen molar-refractivity contribution in [3.8, 4) is 0 Å². The second-order valence-corrected chi connectivity index (χ2v) is 3.37. The molecule has 0 saturated carbocycles. The van der Waals surface area contributed by atoms with Gasteiger partial charge in [-0.3, -0.25) is 0 Å². The molecular formula is C9H19NS. The standard InChI is InChI=1S/C9H19NS/c1-5-9(8(3)4)10(6-2)7-11/h7-9H,5-6H2,1-4H3. The van der Waals surface area contributed by atoms with Crippen molar-refractivity contribution < 1.29 is 0 Å². The predicted molar refractivity (Wildman–Crippen MR) is 55.0 cm³/mol. The second-order valence-electron chi connectivity index (χ2n) is 3.16. The largest absolute Gasteiger partial charge is 0.366 e. The van der Waals surface area contributed by atoms with E-state index in [1.807, 2.05) is 0 Å². The first-order valence-electron chi connectivity index (χ1n) is 4.38. The first kappa shape index (κ1) is 10.9. The number of nitrogens with zero attached hydrogens (tertiary/aromatic N) is 1. The Kier molecular flexibility index (Phi) is 5.47. The Morgan fingerprint density at radius 1 is 1.36 bits per heavy atom. The van der Waals surface area contributed by atoms with Gasteiger partial charge >= 0.3 is 0 Å². The Labute approximate surface area is 75.8 Å². The topological polar surface area (TPSA) is 3.24 Å². The fraction of sp³-hybridized carbons (Fsp3) is 0.889. The lowest BCUT2D eigenvalue weighted by Gasteiger charge is -2.30. The Morgan fingerprint density at radius 3 is 2.00 bits per heavy atom. The Hall–Kier alpha value is -0.110. The van der Waals surface area contributed by atoms with E-state index in [2.05, 4.69) is 32.6 Å². The SMILES string of the molecule is CCC(C(C)C)N(C=S)CC. The number of thiocarbonyl (C=S) groups is 1. The van der Waals surface area contributed by atoms with Crippen LogP contribution in [0, 0.1) is 5.92 Å². The highest BCUT2D eigenvalue weighted by Crippen LogP contribution is 2.12. The predicted octanol–water partition coefficient (Wildman–Crippen LogP) is 2.70. The van der Waals surface area contributed by atoms with Crippen molar-refractivity contribution >= 4 is 17.7 Å². The molecule has 0 N–H and O–H groups in total. The molecule has 0 radical (unpaired) electrons. The monoisotopic (exact) mass is 173 g/mol. The normalized spacial score (nSPS) is 13.2. The van der Waals surface area contributed by atoms with E-state index in [0.29, 0.717) is 12.0 Å². The van der Waals surface area contributed by atoms with Gasteiger partial charge < -0.3 is 4.90 Å². The molecule has 0 aromatic heterocycles. The van der Waals surface area contributed by atoms with Gasteiger partial charge in [0.15, 0.2) is 0 Å². The third-order valence-corrected chi connectivity index (χ3v) is 2.39. The van der Waals surface area contributed by atoms with Crippen LogP contribution in [0.4, 0.5) is 0 Å². The van der Waals surface area contributed by atoms with Gasteiger partial charge in [-0.25, -0.2) is 0 Å². The van der Waals surface area contributed by atoms with Crippen LogP contribution in [0.2, 0.25) is 0 Å². The molecule has 0 bridgehead atoms. The molecule has 0 aromatic rings. The van der Waals surface area contributed by atoms with E-state index in [1.165, 1.54) is 6.42 Å². The summed E-state index contributed by atoms with van der Waals surface area (Å²) in [6, 6.07) is 0.623. The van der Waals surface area contributed by atoms with Crippen LogP contribution in [0.5, 0.6) is 0 Å². The van der Waals surface area contributed by atoms with Crippen LogP contribution in [-0.4, -0.2) is 23.0 Å². The molecule has 0 spiro atoms. The van der Waals surface area contributed by atoms with Gasteiger partial charge in [-0.15, -0.1) is 0 Å². The first-order valence-corrected chi connectivity index (χ1v) is 4.85. The van der Waals surface area contributed by atoms with E-state index in [-0.39, 0.29) is 0 Å². The molecule has 0 aliphatic rings. The van der Waals surface area contributed by atoms with Gasteiger partial charge in [0.05, 0.1) is 5.49 Å². The maximum Gasteiger partial charge on any atom is 0.0643 e. The molecule has 1 unspecified atom stereocenters. The van der Waals surface area contributed by atoms with Crippen LogP contribution in [0.1, 0.15) is 34.1 Å². The lowest BCUT2D eigenvalue weighted by Crippen LogP contribution is -2.36. The number of rotatable bonds is 5. The summed E-state index contributed by atoms with van der Waals surface area (Å²) >= 11 is 4.94. The van der Waals surface area contributed by atoms with Crippen molar-refractivity contribution in [2.75, 3.05) is 6.54 Å². The van der Waals surface area contributed by atoms with Crippen LogP contribution in [-0.2, 0) is 0 Å². The van der Waals surface area contributed by atoms with Crippen LogP contribution >= 0.6 is 12.2 Å². The van der Waals surface area contributed by atoms with Crippen LogP contribution in [0.3, 0.4) is 0 Å². The fourth-order valence-electron chi connectivity index (χ4n) is 1.48. The average Bonchev–Trinajstić information content (AvgIpc) is 1.99. The van der Waals surface area contributed by atoms with Gasteiger partial charge in [-0.2, -0.15) is 0 Å². The summed E-state index contributed by atoms with van der Waals surface area (Å²) in [7, 11) is 0. The Morgan fingerprint density at radius 2 is 1.91 bits per heavy atom. The van der Waals surface area contributed by atoms with E-state index in [1.54, 1.807) is 5.49 Å². The highest BCUT2D eigenvalue weighted by Gasteiger charge is 2.15. The summed E-state index contributed by atoms with van der Waals surface area (Å²) in [6.45, 7) is 9.88.